The lowest BCUT2D eigenvalue weighted by molar-refractivity contribution is 0.626. The minimum Gasteiger partial charge on any atom is -0.357 e. The van der Waals surface area contributed by atoms with Gasteiger partial charge in [0.15, 0.2) is 5.82 Å². The van der Waals surface area contributed by atoms with E-state index in [2.05, 4.69) is 18.8 Å². The zero-order chi connectivity index (χ0) is 16.5. The summed E-state index contributed by atoms with van der Waals surface area (Å²) in [7, 11) is 0. The first-order chi connectivity index (χ1) is 10.5. The van der Waals surface area contributed by atoms with Gasteiger partial charge in [-0.15, -0.1) is 0 Å². The molecule has 0 saturated carbocycles. The maximum atomic E-state index is 14.8. The number of nitrogens with one attached hydrogen (secondary N) is 1. The van der Waals surface area contributed by atoms with Crippen LogP contribution in [0.15, 0.2) is 48.2 Å². The zero-order valence-electron chi connectivity index (χ0n) is 14.3. The van der Waals surface area contributed by atoms with Crippen LogP contribution in [0.1, 0.15) is 58.9 Å². The second-order valence-electron chi connectivity index (χ2n) is 5.53. The number of hydrogen-bond acceptors (Lipinski definition) is 1. The van der Waals surface area contributed by atoms with E-state index in [0.717, 1.165) is 29.7 Å². The van der Waals surface area contributed by atoms with Crippen molar-refractivity contribution in [1.82, 2.24) is 0 Å². The number of hydrogen-bond donors (Lipinski definition) is 1. The Morgan fingerprint density at radius 3 is 2.55 bits per heavy atom. The lowest BCUT2D eigenvalue weighted by Crippen LogP contribution is -2.03. The third-order valence-electron chi connectivity index (χ3n) is 3.83. The summed E-state index contributed by atoms with van der Waals surface area (Å²) >= 11 is 0. The Bertz CT molecular complexity index is 567. The lowest BCUT2D eigenvalue weighted by atomic mass is 9.97. The molecule has 0 radical (unpaired) electrons. The Balaban J connectivity index is 2.96. The van der Waals surface area contributed by atoms with Crippen molar-refractivity contribution in [3.8, 4) is 0 Å². The molecule has 1 rings (SSSR count). The molecule has 0 heterocycles. The minimum absolute atomic E-state index is 0.214. The fourth-order valence-electron chi connectivity index (χ4n) is 2.43. The molecule has 0 aliphatic rings. The van der Waals surface area contributed by atoms with Crippen LogP contribution in [0.25, 0.3) is 5.57 Å². The summed E-state index contributed by atoms with van der Waals surface area (Å²) in [6.45, 7) is 12.1. The molecular formula is C20H28FN. The zero-order valence-corrected chi connectivity index (χ0v) is 14.3. The van der Waals surface area contributed by atoms with Crippen LogP contribution < -0.4 is 5.32 Å². The lowest BCUT2D eigenvalue weighted by Gasteiger charge is -2.15. The van der Waals surface area contributed by atoms with Gasteiger partial charge in [-0.3, -0.25) is 0 Å². The molecular weight excluding hydrogens is 273 g/mol. The van der Waals surface area contributed by atoms with E-state index in [1.54, 1.807) is 6.07 Å². The van der Waals surface area contributed by atoms with Crippen LogP contribution in [0.2, 0.25) is 0 Å². The molecule has 1 aromatic carbocycles. The monoisotopic (exact) mass is 301 g/mol. The van der Waals surface area contributed by atoms with Crippen LogP contribution in [-0.4, -0.2) is 0 Å². The van der Waals surface area contributed by atoms with Crippen molar-refractivity contribution in [1.29, 1.82) is 0 Å². The van der Waals surface area contributed by atoms with E-state index in [9.17, 15) is 4.39 Å². The van der Waals surface area contributed by atoms with Gasteiger partial charge in [0.1, 0.15) is 0 Å². The molecule has 120 valence electrons. The molecule has 0 amide bonds. The maximum Gasteiger partial charge on any atom is 0.154 e. The van der Waals surface area contributed by atoms with E-state index >= 15 is 0 Å². The van der Waals surface area contributed by atoms with Crippen molar-refractivity contribution >= 4 is 11.3 Å². The van der Waals surface area contributed by atoms with E-state index in [0.29, 0.717) is 11.3 Å². The standard InChI is InChI=1S/C20H28FN/c1-6-9-10-12-16(5)22-19-14-11-13-18(20(19)21)17(8-3)15(4)7-2/h7-8,11,13-14,22H,5-6,9-10,12H2,1-4H3/b15-7-,17-8+. The van der Waals surface area contributed by atoms with Crippen LogP contribution in [0.4, 0.5) is 10.1 Å². The van der Waals surface area contributed by atoms with Crippen molar-refractivity contribution in [2.24, 2.45) is 0 Å². The molecule has 0 aliphatic heterocycles. The van der Waals surface area contributed by atoms with Gasteiger partial charge >= 0.3 is 0 Å². The first kappa shape index (κ1) is 18.2. The Morgan fingerprint density at radius 2 is 1.95 bits per heavy atom. The van der Waals surface area contributed by atoms with Crippen molar-refractivity contribution in [2.45, 2.75) is 53.4 Å². The van der Waals surface area contributed by atoms with Crippen LogP contribution in [0, 0.1) is 5.82 Å². The minimum atomic E-state index is -0.214. The summed E-state index contributed by atoms with van der Waals surface area (Å²) in [5.41, 5.74) is 4.00. The first-order valence-electron chi connectivity index (χ1n) is 8.08. The van der Waals surface area contributed by atoms with Crippen molar-refractivity contribution in [3.63, 3.8) is 0 Å². The average Bonchev–Trinajstić information content (AvgIpc) is 2.51. The Hall–Kier alpha value is -1.83. The highest BCUT2D eigenvalue weighted by Crippen LogP contribution is 2.29. The first-order valence-corrected chi connectivity index (χ1v) is 8.08. The topological polar surface area (TPSA) is 12.0 Å². The molecule has 2 heteroatoms. The van der Waals surface area contributed by atoms with Crippen molar-refractivity contribution < 1.29 is 4.39 Å². The number of halogens is 1. The smallest absolute Gasteiger partial charge is 0.154 e. The van der Waals surface area contributed by atoms with Crippen molar-refractivity contribution in [2.75, 3.05) is 5.32 Å². The van der Waals surface area contributed by atoms with E-state index in [1.165, 1.54) is 12.8 Å². The van der Waals surface area contributed by atoms with Gasteiger partial charge < -0.3 is 5.32 Å². The molecule has 1 nitrogen and oxygen atoms in total. The second-order valence-corrected chi connectivity index (χ2v) is 5.53. The molecule has 0 fully saturated rings. The van der Waals surface area contributed by atoms with Crippen LogP contribution >= 0.6 is 0 Å². The average molecular weight is 301 g/mol. The van der Waals surface area contributed by atoms with Gasteiger partial charge in [-0.25, -0.2) is 4.39 Å². The van der Waals surface area contributed by atoms with Gasteiger partial charge in [-0.2, -0.15) is 0 Å². The molecule has 0 saturated heterocycles. The SMILES string of the molecule is C=C(CCCCC)Nc1cccc(C(=C/C)/C(C)=C\C)c1F. The number of rotatable bonds is 8. The highest BCUT2D eigenvalue weighted by Gasteiger charge is 2.12. The van der Waals surface area contributed by atoms with Gasteiger partial charge in [-0.05, 0) is 50.8 Å². The predicted molar refractivity (Wildman–Crippen MR) is 96.4 cm³/mol. The number of unbranched alkanes of at least 4 members (excludes halogenated alkanes) is 2. The van der Waals surface area contributed by atoms with E-state index in [1.807, 2.05) is 45.1 Å². The van der Waals surface area contributed by atoms with Crippen LogP contribution in [0.5, 0.6) is 0 Å². The number of allylic oxidation sites excluding steroid dienone is 5. The molecule has 0 aromatic heterocycles. The largest absolute Gasteiger partial charge is 0.357 e. The fraction of sp³-hybridized carbons (Fsp3) is 0.400. The van der Waals surface area contributed by atoms with Gasteiger partial charge in [0.05, 0.1) is 5.69 Å². The van der Waals surface area contributed by atoms with Gasteiger partial charge in [0.2, 0.25) is 0 Å². The summed E-state index contributed by atoms with van der Waals surface area (Å²) in [6, 6.07) is 5.47. The van der Waals surface area contributed by atoms with Gasteiger partial charge in [0.25, 0.3) is 0 Å². The van der Waals surface area contributed by atoms with Gasteiger partial charge in [-0.1, -0.05) is 50.6 Å². The Labute approximate surface area is 134 Å². The molecule has 0 unspecified atom stereocenters. The normalized spacial score (nSPS) is 12.4. The van der Waals surface area contributed by atoms with Crippen LogP contribution in [0.3, 0.4) is 0 Å². The van der Waals surface area contributed by atoms with Crippen molar-refractivity contribution in [3.05, 3.63) is 59.6 Å². The number of benzene rings is 1. The Morgan fingerprint density at radius 1 is 1.23 bits per heavy atom. The quantitative estimate of drug-likeness (QED) is 0.416. The predicted octanol–water partition coefficient (Wildman–Crippen LogP) is 6.70. The fourth-order valence-corrected chi connectivity index (χ4v) is 2.43. The van der Waals surface area contributed by atoms with E-state index in [-0.39, 0.29) is 5.82 Å². The van der Waals surface area contributed by atoms with E-state index in [4.69, 9.17) is 0 Å². The number of anilines is 1. The summed E-state index contributed by atoms with van der Waals surface area (Å²) in [5, 5.41) is 3.13. The summed E-state index contributed by atoms with van der Waals surface area (Å²) < 4.78 is 14.8. The second kappa shape index (κ2) is 9.24. The van der Waals surface area contributed by atoms with Gasteiger partial charge in [0, 0.05) is 11.3 Å². The maximum absolute atomic E-state index is 14.8. The molecule has 0 spiro atoms. The molecule has 0 atom stereocenters. The third-order valence-corrected chi connectivity index (χ3v) is 3.83. The Kier molecular flexibility index (Phi) is 7.65. The molecule has 0 bridgehead atoms. The summed E-state index contributed by atoms with van der Waals surface area (Å²) in [6.07, 6.45) is 8.26. The summed E-state index contributed by atoms with van der Waals surface area (Å²) in [5.74, 6) is -0.214. The summed E-state index contributed by atoms with van der Waals surface area (Å²) in [4.78, 5) is 0. The highest BCUT2D eigenvalue weighted by atomic mass is 19.1. The van der Waals surface area contributed by atoms with E-state index < -0.39 is 0 Å². The molecule has 1 N–H and O–H groups in total. The molecule has 0 aliphatic carbocycles. The molecule has 1 aromatic rings. The van der Waals surface area contributed by atoms with Crippen LogP contribution in [-0.2, 0) is 0 Å². The highest BCUT2D eigenvalue weighted by molar-refractivity contribution is 5.80. The third kappa shape index (κ3) is 4.87. The molecule has 22 heavy (non-hydrogen) atoms.